The Labute approximate surface area is 118 Å². The second-order valence-electron chi connectivity index (χ2n) is 4.58. The Balaban J connectivity index is 1.84. The number of anilines is 1. The standard InChI is InChI=1S/C12H11ClN4O3/c13-9-3-10(16-12(19)20-6-7-1-2-7)17-11(15-9)8(5-18)4-14-17/h3-5,7H,1-2,6H2,(H,16,19). The molecule has 104 valence electrons. The van der Waals surface area contributed by atoms with Gasteiger partial charge >= 0.3 is 6.09 Å². The van der Waals surface area contributed by atoms with Crippen molar-refractivity contribution in [3.63, 3.8) is 0 Å². The van der Waals surface area contributed by atoms with Crippen molar-refractivity contribution < 1.29 is 14.3 Å². The van der Waals surface area contributed by atoms with Crippen LogP contribution in [0.3, 0.4) is 0 Å². The van der Waals surface area contributed by atoms with Gasteiger partial charge in [0.2, 0.25) is 0 Å². The van der Waals surface area contributed by atoms with Crippen molar-refractivity contribution in [2.75, 3.05) is 11.9 Å². The lowest BCUT2D eigenvalue weighted by atomic mass is 10.4. The van der Waals surface area contributed by atoms with Crippen LogP contribution in [-0.4, -0.2) is 33.6 Å². The van der Waals surface area contributed by atoms with Crippen LogP contribution in [0.4, 0.5) is 10.6 Å². The molecule has 0 aliphatic heterocycles. The van der Waals surface area contributed by atoms with E-state index in [-0.39, 0.29) is 10.8 Å². The van der Waals surface area contributed by atoms with Gasteiger partial charge in [-0.15, -0.1) is 0 Å². The first-order valence-corrected chi connectivity index (χ1v) is 6.48. The molecule has 0 saturated heterocycles. The van der Waals surface area contributed by atoms with Crippen LogP contribution >= 0.6 is 11.6 Å². The summed E-state index contributed by atoms with van der Waals surface area (Å²) < 4.78 is 6.39. The first kappa shape index (κ1) is 12.9. The molecule has 1 N–H and O–H groups in total. The Bertz CT molecular complexity index is 681. The Hall–Kier alpha value is -2.15. The van der Waals surface area contributed by atoms with Gasteiger partial charge < -0.3 is 4.74 Å². The van der Waals surface area contributed by atoms with Crippen molar-refractivity contribution in [3.05, 3.63) is 23.0 Å². The van der Waals surface area contributed by atoms with Crippen LogP contribution in [0.5, 0.6) is 0 Å². The molecule has 2 aromatic rings. The van der Waals surface area contributed by atoms with Gasteiger partial charge in [-0.05, 0) is 18.8 Å². The van der Waals surface area contributed by atoms with Gasteiger partial charge in [-0.1, -0.05) is 11.6 Å². The van der Waals surface area contributed by atoms with E-state index in [0.29, 0.717) is 30.2 Å². The molecule has 0 bridgehead atoms. The van der Waals surface area contributed by atoms with Crippen LogP contribution in [-0.2, 0) is 4.74 Å². The minimum Gasteiger partial charge on any atom is -0.449 e. The van der Waals surface area contributed by atoms with Crippen molar-refractivity contribution >= 4 is 35.4 Å². The number of rotatable bonds is 4. The number of aldehydes is 1. The number of fused-ring (bicyclic) bond motifs is 1. The van der Waals surface area contributed by atoms with E-state index in [2.05, 4.69) is 15.4 Å². The van der Waals surface area contributed by atoms with Gasteiger partial charge in [0, 0.05) is 6.07 Å². The number of hydrogen-bond acceptors (Lipinski definition) is 5. The summed E-state index contributed by atoms with van der Waals surface area (Å²) in [6.07, 6.45) is 3.59. The van der Waals surface area contributed by atoms with Crippen molar-refractivity contribution in [2.24, 2.45) is 5.92 Å². The van der Waals surface area contributed by atoms with Crippen LogP contribution < -0.4 is 5.32 Å². The molecule has 2 aromatic heterocycles. The highest BCUT2D eigenvalue weighted by atomic mass is 35.5. The molecule has 0 spiro atoms. The topological polar surface area (TPSA) is 85.6 Å². The minimum absolute atomic E-state index is 0.151. The number of amides is 1. The number of halogens is 1. The highest BCUT2D eigenvalue weighted by Gasteiger charge is 2.23. The van der Waals surface area contributed by atoms with E-state index < -0.39 is 6.09 Å². The van der Waals surface area contributed by atoms with Crippen LogP contribution in [0.25, 0.3) is 5.65 Å². The van der Waals surface area contributed by atoms with Crippen LogP contribution in [0.1, 0.15) is 23.2 Å². The molecule has 1 aliphatic carbocycles. The molecule has 20 heavy (non-hydrogen) atoms. The number of aromatic nitrogens is 3. The number of ether oxygens (including phenoxy) is 1. The molecular formula is C12H11ClN4O3. The van der Waals surface area contributed by atoms with Crippen LogP contribution in [0.2, 0.25) is 5.15 Å². The lowest BCUT2D eigenvalue weighted by molar-refractivity contribution is 0.112. The molecule has 0 unspecified atom stereocenters. The first-order chi connectivity index (χ1) is 9.67. The first-order valence-electron chi connectivity index (χ1n) is 6.10. The third-order valence-electron chi connectivity index (χ3n) is 2.97. The van der Waals surface area contributed by atoms with E-state index in [1.54, 1.807) is 0 Å². The molecule has 0 atom stereocenters. The lowest BCUT2D eigenvalue weighted by Crippen LogP contribution is -2.17. The molecule has 0 aromatic carbocycles. The molecule has 3 rings (SSSR count). The van der Waals surface area contributed by atoms with Gasteiger partial charge in [-0.25, -0.2) is 9.78 Å². The Kier molecular flexibility index (Phi) is 3.27. The number of hydrogen-bond donors (Lipinski definition) is 1. The summed E-state index contributed by atoms with van der Waals surface area (Å²) in [4.78, 5) is 26.5. The maximum atomic E-state index is 11.7. The highest BCUT2D eigenvalue weighted by molar-refractivity contribution is 6.29. The smallest absolute Gasteiger partial charge is 0.412 e. The molecule has 1 saturated carbocycles. The molecule has 2 heterocycles. The van der Waals surface area contributed by atoms with Gasteiger partial charge in [0.15, 0.2) is 11.9 Å². The summed E-state index contributed by atoms with van der Waals surface area (Å²) in [6.45, 7) is 0.409. The Morgan fingerprint density at radius 2 is 2.40 bits per heavy atom. The zero-order valence-corrected chi connectivity index (χ0v) is 11.1. The SMILES string of the molecule is O=Cc1cnn2c(NC(=O)OCC3CC3)cc(Cl)nc12. The summed E-state index contributed by atoms with van der Waals surface area (Å²) in [6, 6.07) is 1.44. The largest absolute Gasteiger partial charge is 0.449 e. The van der Waals surface area contributed by atoms with Crippen molar-refractivity contribution in [2.45, 2.75) is 12.8 Å². The average molecular weight is 295 g/mol. The second-order valence-corrected chi connectivity index (χ2v) is 4.97. The van der Waals surface area contributed by atoms with Crippen molar-refractivity contribution in [1.82, 2.24) is 14.6 Å². The van der Waals surface area contributed by atoms with Gasteiger partial charge in [-0.2, -0.15) is 9.61 Å². The third-order valence-corrected chi connectivity index (χ3v) is 3.17. The number of carbonyl (C=O) groups is 2. The lowest BCUT2D eigenvalue weighted by Gasteiger charge is -2.08. The van der Waals surface area contributed by atoms with Crippen LogP contribution in [0.15, 0.2) is 12.3 Å². The zero-order valence-electron chi connectivity index (χ0n) is 10.4. The summed E-state index contributed by atoms with van der Waals surface area (Å²) >= 11 is 5.87. The van der Waals surface area contributed by atoms with E-state index >= 15 is 0 Å². The maximum Gasteiger partial charge on any atom is 0.412 e. The number of carbonyl (C=O) groups excluding carboxylic acids is 2. The summed E-state index contributed by atoms with van der Waals surface area (Å²) in [5, 5.41) is 6.68. The third kappa shape index (κ3) is 2.57. The molecule has 0 radical (unpaired) electrons. The van der Waals surface area contributed by atoms with Gasteiger partial charge in [0.25, 0.3) is 0 Å². The van der Waals surface area contributed by atoms with Crippen LogP contribution in [0, 0.1) is 5.92 Å². The summed E-state index contributed by atoms with van der Waals surface area (Å²) in [5.74, 6) is 0.780. The van der Waals surface area contributed by atoms with Gasteiger partial charge in [-0.3, -0.25) is 10.1 Å². The zero-order chi connectivity index (χ0) is 14.1. The highest BCUT2D eigenvalue weighted by Crippen LogP contribution is 2.29. The number of nitrogens with zero attached hydrogens (tertiary/aromatic N) is 3. The molecule has 1 aliphatic rings. The van der Waals surface area contributed by atoms with E-state index in [0.717, 1.165) is 12.8 Å². The number of nitrogens with one attached hydrogen (secondary N) is 1. The Morgan fingerprint density at radius 3 is 3.10 bits per heavy atom. The van der Waals surface area contributed by atoms with E-state index in [1.165, 1.54) is 16.8 Å². The second kappa shape index (κ2) is 5.09. The minimum atomic E-state index is -0.580. The summed E-state index contributed by atoms with van der Waals surface area (Å²) in [7, 11) is 0. The van der Waals surface area contributed by atoms with Crippen molar-refractivity contribution in [3.8, 4) is 0 Å². The molecule has 1 fully saturated rings. The Morgan fingerprint density at radius 1 is 1.60 bits per heavy atom. The quantitative estimate of drug-likeness (QED) is 0.690. The maximum absolute atomic E-state index is 11.7. The predicted molar refractivity (Wildman–Crippen MR) is 71.1 cm³/mol. The van der Waals surface area contributed by atoms with E-state index in [1.807, 2.05) is 0 Å². The fourth-order valence-electron chi connectivity index (χ4n) is 1.74. The predicted octanol–water partition coefficient (Wildman–Crippen LogP) is 2.15. The van der Waals surface area contributed by atoms with E-state index in [9.17, 15) is 9.59 Å². The normalized spacial score (nSPS) is 14.2. The average Bonchev–Trinajstić information content (AvgIpc) is 3.15. The van der Waals surface area contributed by atoms with Crippen molar-refractivity contribution in [1.29, 1.82) is 0 Å². The molecule has 8 heteroatoms. The molecule has 7 nitrogen and oxygen atoms in total. The molecule has 1 amide bonds. The summed E-state index contributed by atoms with van der Waals surface area (Å²) in [5.41, 5.74) is 0.576. The fourth-order valence-corrected chi connectivity index (χ4v) is 1.92. The van der Waals surface area contributed by atoms with Gasteiger partial charge in [0.05, 0.1) is 18.4 Å². The van der Waals surface area contributed by atoms with Gasteiger partial charge in [0.1, 0.15) is 11.0 Å². The fraction of sp³-hybridized carbons (Fsp3) is 0.333. The molecular weight excluding hydrogens is 284 g/mol. The van der Waals surface area contributed by atoms with E-state index in [4.69, 9.17) is 16.3 Å². The monoisotopic (exact) mass is 294 g/mol.